The Morgan fingerprint density at radius 1 is 1.14 bits per heavy atom. The van der Waals surface area contributed by atoms with Crippen molar-refractivity contribution in [3.8, 4) is 5.75 Å². The van der Waals surface area contributed by atoms with E-state index in [9.17, 15) is 4.79 Å². The molecular formula is C17H18ClNO2. The number of anilines is 1. The van der Waals surface area contributed by atoms with Crippen LogP contribution in [0.1, 0.15) is 18.1 Å². The molecule has 2 aromatic carbocycles. The van der Waals surface area contributed by atoms with Gasteiger partial charge in [0, 0.05) is 10.7 Å². The van der Waals surface area contributed by atoms with Gasteiger partial charge in [0.25, 0.3) is 5.91 Å². The smallest absolute Gasteiger partial charge is 0.265 e. The average Bonchev–Trinajstić information content (AvgIpc) is 2.43. The van der Waals surface area contributed by atoms with E-state index < -0.39 is 6.10 Å². The number of benzene rings is 2. The minimum atomic E-state index is -0.594. The van der Waals surface area contributed by atoms with Crippen LogP contribution >= 0.6 is 11.6 Å². The van der Waals surface area contributed by atoms with Gasteiger partial charge in [-0.2, -0.15) is 0 Å². The molecule has 0 saturated heterocycles. The van der Waals surface area contributed by atoms with Crippen LogP contribution in [0.15, 0.2) is 42.5 Å². The predicted octanol–water partition coefficient (Wildman–Crippen LogP) is 4.36. The van der Waals surface area contributed by atoms with Crippen LogP contribution in [0.4, 0.5) is 5.69 Å². The third-order valence-electron chi connectivity index (χ3n) is 3.16. The van der Waals surface area contributed by atoms with Crippen molar-refractivity contribution in [1.29, 1.82) is 0 Å². The van der Waals surface area contributed by atoms with Gasteiger partial charge in [0.1, 0.15) is 5.75 Å². The zero-order valence-electron chi connectivity index (χ0n) is 12.3. The first kappa shape index (κ1) is 15.4. The minimum Gasteiger partial charge on any atom is -0.480 e. The van der Waals surface area contributed by atoms with E-state index in [1.165, 1.54) is 0 Å². The zero-order chi connectivity index (χ0) is 15.4. The van der Waals surface area contributed by atoms with Crippen molar-refractivity contribution in [3.05, 3.63) is 58.6 Å². The van der Waals surface area contributed by atoms with Crippen molar-refractivity contribution in [2.24, 2.45) is 0 Å². The summed E-state index contributed by atoms with van der Waals surface area (Å²) in [6, 6.07) is 12.9. The molecule has 0 unspecified atom stereocenters. The Labute approximate surface area is 129 Å². The molecule has 0 radical (unpaired) electrons. The summed E-state index contributed by atoms with van der Waals surface area (Å²) in [5, 5.41) is 3.37. The van der Waals surface area contributed by atoms with Crippen LogP contribution in [0.5, 0.6) is 5.75 Å². The molecule has 110 valence electrons. The monoisotopic (exact) mass is 303 g/mol. The molecule has 0 fully saturated rings. The molecule has 3 nitrogen and oxygen atoms in total. The van der Waals surface area contributed by atoms with E-state index >= 15 is 0 Å². The molecule has 21 heavy (non-hydrogen) atoms. The summed E-state index contributed by atoms with van der Waals surface area (Å²) in [5.41, 5.74) is 2.68. The van der Waals surface area contributed by atoms with Crippen LogP contribution in [-0.2, 0) is 4.79 Å². The predicted molar refractivity (Wildman–Crippen MR) is 86.1 cm³/mol. The molecule has 1 amide bonds. The van der Waals surface area contributed by atoms with Crippen molar-refractivity contribution in [1.82, 2.24) is 0 Å². The number of hydrogen-bond donors (Lipinski definition) is 1. The quantitative estimate of drug-likeness (QED) is 0.911. The Kier molecular flexibility index (Phi) is 4.86. The van der Waals surface area contributed by atoms with Crippen molar-refractivity contribution in [2.45, 2.75) is 26.9 Å². The average molecular weight is 304 g/mol. The van der Waals surface area contributed by atoms with Crippen LogP contribution in [0, 0.1) is 13.8 Å². The molecule has 4 heteroatoms. The van der Waals surface area contributed by atoms with Gasteiger partial charge in [-0.15, -0.1) is 0 Å². The number of ether oxygens (including phenoxy) is 1. The van der Waals surface area contributed by atoms with E-state index in [-0.39, 0.29) is 5.91 Å². The molecule has 0 aliphatic rings. The number of carbonyl (C=O) groups excluding carboxylic acids is 1. The topological polar surface area (TPSA) is 38.3 Å². The molecule has 2 rings (SSSR count). The third-order valence-corrected chi connectivity index (χ3v) is 3.40. The molecule has 0 bridgehead atoms. The summed E-state index contributed by atoms with van der Waals surface area (Å²) in [4.78, 5) is 12.2. The second-order valence-electron chi connectivity index (χ2n) is 4.98. The van der Waals surface area contributed by atoms with E-state index in [2.05, 4.69) is 5.32 Å². The van der Waals surface area contributed by atoms with Gasteiger partial charge in [0.05, 0.1) is 0 Å². The van der Waals surface area contributed by atoms with Gasteiger partial charge >= 0.3 is 0 Å². The standard InChI is InChI=1S/C17H18ClNO2/c1-11-6-4-7-12(2)16(11)21-13(3)17(20)19-15-9-5-8-14(18)10-15/h4-10,13H,1-3H3,(H,19,20)/t13-/m0/s1. The summed E-state index contributed by atoms with van der Waals surface area (Å²) in [6.07, 6.45) is -0.594. The Hall–Kier alpha value is -2.00. The number of aryl methyl sites for hydroxylation is 2. The van der Waals surface area contributed by atoms with Gasteiger partial charge in [-0.25, -0.2) is 0 Å². The van der Waals surface area contributed by atoms with Crippen LogP contribution in [0.2, 0.25) is 5.02 Å². The second kappa shape index (κ2) is 6.64. The van der Waals surface area contributed by atoms with Crippen molar-refractivity contribution < 1.29 is 9.53 Å². The van der Waals surface area contributed by atoms with E-state index in [0.29, 0.717) is 10.7 Å². The van der Waals surface area contributed by atoms with Crippen molar-refractivity contribution >= 4 is 23.2 Å². The molecule has 1 atom stereocenters. The highest BCUT2D eigenvalue weighted by molar-refractivity contribution is 6.30. The first-order valence-corrected chi connectivity index (χ1v) is 7.14. The van der Waals surface area contributed by atoms with Crippen LogP contribution < -0.4 is 10.1 Å². The summed E-state index contributed by atoms with van der Waals surface area (Å²) >= 11 is 5.90. The number of amides is 1. The molecule has 0 aliphatic carbocycles. The molecule has 0 heterocycles. The van der Waals surface area contributed by atoms with Gasteiger partial charge in [-0.05, 0) is 50.1 Å². The Bertz CT molecular complexity index is 635. The normalized spacial score (nSPS) is 11.8. The van der Waals surface area contributed by atoms with Crippen molar-refractivity contribution in [3.63, 3.8) is 0 Å². The fourth-order valence-electron chi connectivity index (χ4n) is 2.03. The lowest BCUT2D eigenvalue weighted by atomic mass is 10.1. The maximum atomic E-state index is 12.2. The minimum absolute atomic E-state index is 0.208. The number of rotatable bonds is 4. The Morgan fingerprint density at radius 3 is 2.38 bits per heavy atom. The number of halogens is 1. The lowest BCUT2D eigenvalue weighted by Gasteiger charge is -2.18. The zero-order valence-corrected chi connectivity index (χ0v) is 13.1. The molecule has 0 aliphatic heterocycles. The highest BCUT2D eigenvalue weighted by Gasteiger charge is 2.17. The largest absolute Gasteiger partial charge is 0.480 e. The lowest BCUT2D eigenvalue weighted by molar-refractivity contribution is -0.122. The molecular weight excluding hydrogens is 286 g/mol. The maximum Gasteiger partial charge on any atom is 0.265 e. The Balaban J connectivity index is 2.06. The second-order valence-corrected chi connectivity index (χ2v) is 5.42. The van der Waals surface area contributed by atoms with Crippen LogP contribution in [0.3, 0.4) is 0 Å². The fourth-order valence-corrected chi connectivity index (χ4v) is 2.22. The number of para-hydroxylation sites is 1. The Morgan fingerprint density at radius 2 is 1.76 bits per heavy atom. The van der Waals surface area contributed by atoms with Gasteiger partial charge in [-0.1, -0.05) is 35.9 Å². The number of carbonyl (C=O) groups is 1. The molecule has 1 N–H and O–H groups in total. The fraction of sp³-hybridized carbons (Fsp3) is 0.235. The van der Waals surface area contributed by atoms with E-state index in [1.807, 2.05) is 32.0 Å². The summed E-state index contributed by atoms with van der Waals surface area (Å²) in [5.74, 6) is 0.547. The van der Waals surface area contributed by atoms with E-state index in [1.54, 1.807) is 31.2 Å². The van der Waals surface area contributed by atoms with Crippen LogP contribution in [-0.4, -0.2) is 12.0 Å². The summed E-state index contributed by atoms with van der Waals surface area (Å²) in [6.45, 7) is 5.65. The van der Waals surface area contributed by atoms with Gasteiger partial charge < -0.3 is 10.1 Å². The van der Waals surface area contributed by atoms with Crippen LogP contribution in [0.25, 0.3) is 0 Å². The summed E-state index contributed by atoms with van der Waals surface area (Å²) in [7, 11) is 0. The number of hydrogen-bond acceptors (Lipinski definition) is 2. The molecule has 0 spiro atoms. The van der Waals surface area contributed by atoms with E-state index in [0.717, 1.165) is 16.9 Å². The first-order valence-electron chi connectivity index (χ1n) is 6.76. The SMILES string of the molecule is Cc1cccc(C)c1O[C@@H](C)C(=O)Nc1cccc(Cl)c1. The lowest BCUT2D eigenvalue weighted by Crippen LogP contribution is -2.30. The highest BCUT2D eigenvalue weighted by Crippen LogP contribution is 2.24. The molecule has 0 aromatic heterocycles. The van der Waals surface area contributed by atoms with Gasteiger partial charge in [-0.3, -0.25) is 4.79 Å². The highest BCUT2D eigenvalue weighted by atomic mass is 35.5. The maximum absolute atomic E-state index is 12.2. The van der Waals surface area contributed by atoms with E-state index in [4.69, 9.17) is 16.3 Å². The van der Waals surface area contributed by atoms with Gasteiger partial charge in [0.15, 0.2) is 6.10 Å². The molecule has 2 aromatic rings. The first-order chi connectivity index (χ1) is 9.97. The third kappa shape index (κ3) is 3.99. The number of nitrogens with one attached hydrogen (secondary N) is 1. The summed E-state index contributed by atoms with van der Waals surface area (Å²) < 4.78 is 5.80. The van der Waals surface area contributed by atoms with Gasteiger partial charge in [0.2, 0.25) is 0 Å². The van der Waals surface area contributed by atoms with Crippen molar-refractivity contribution in [2.75, 3.05) is 5.32 Å². The molecule has 0 saturated carbocycles.